The summed E-state index contributed by atoms with van der Waals surface area (Å²) in [5.74, 6) is -0.455. The number of carbonyl (C=O) groups excluding carboxylic acids is 1. The summed E-state index contributed by atoms with van der Waals surface area (Å²) < 4.78 is 24.2. The monoisotopic (exact) mass is 317 g/mol. The summed E-state index contributed by atoms with van der Waals surface area (Å²) in [6.45, 7) is 3.60. The average molecular weight is 317 g/mol. The van der Waals surface area contributed by atoms with Crippen LogP contribution in [0.25, 0.3) is 0 Å². The minimum Gasteiger partial charge on any atom is -0.322 e. The van der Waals surface area contributed by atoms with Crippen LogP contribution in [0.4, 0.5) is 5.69 Å². The maximum Gasteiger partial charge on any atom is 0.256 e. The van der Waals surface area contributed by atoms with Crippen molar-refractivity contribution in [2.75, 3.05) is 11.1 Å². The van der Waals surface area contributed by atoms with Crippen LogP contribution < -0.4 is 5.32 Å². The van der Waals surface area contributed by atoms with Crippen molar-refractivity contribution in [2.45, 2.75) is 25.2 Å². The zero-order valence-electron chi connectivity index (χ0n) is 12.7. The zero-order chi connectivity index (χ0) is 16.2. The van der Waals surface area contributed by atoms with E-state index in [0.717, 1.165) is 12.0 Å². The molecule has 0 fully saturated rings. The van der Waals surface area contributed by atoms with Gasteiger partial charge in [0.2, 0.25) is 0 Å². The van der Waals surface area contributed by atoms with Gasteiger partial charge in [-0.05, 0) is 36.2 Å². The van der Waals surface area contributed by atoms with Crippen molar-refractivity contribution in [1.82, 2.24) is 0 Å². The van der Waals surface area contributed by atoms with Gasteiger partial charge >= 0.3 is 0 Å². The van der Waals surface area contributed by atoms with Crippen LogP contribution in [0, 0.1) is 0 Å². The van der Waals surface area contributed by atoms with Gasteiger partial charge in [-0.1, -0.05) is 38.1 Å². The minimum absolute atomic E-state index is 0.0391. The Morgan fingerprint density at radius 1 is 1.05 bits per heavy atom. The van der Waals surface area contributed by atoms with Crippen molar-refractivity contribution in [3.05, 3.63) is 59.7 Å². The summed E-state index contributed by atoms with van der Waals surface area (Å²) in [4.78, 5) is 12.5. The van der Waals surface area contributed by atoms with Crippen LogP contribution in [0.15, 0.2) is 53.4 Å². The number of hydrogen-bond donors (Lipinski definition) is 1. The molecule has 0 saturated heterocycles. The predicted molar refractivity (Wildman–Crippen MR) is 87.9 cm³/mol. The molecule has 22 heavy (non-hydrogen) atoms. The van der Waals surface area contributed by atoms with Crippen LogP contribution in [-0.4, -0.2) is 20.1 Å². The maximum atomic E-state index is 12.4. The molecule has 1 amide bonds. The van der Waals surface area contributed by atoms with E-state index in [9.17, 15) is 13.2 Å². The van der Waals surface area contributed by atoms with E-state index in [1.54, 1.807) is 25.1 Å². The highest BCUT2D eigenvalue weighted by molar-refractivity contribution is 7.91. The van der Waals surface area contributed by atoms with Gasteiger partial charge in [-0.3, -0.25) is 4.79 Å². The summed E-state index contributed by atoms with van der Waals surface area (Å²) in [5, 5.41) is 2.77. The number of amides is 1. The number of benzene rings is 2. The Labute approximate surface area is 131 Å². The molecule has 1 N–H and O–H groups in total. The number of carbonyl (C=O) groups is 1. The maximum absolute atomic E-state index is 12.4. The molecule has 2 aromatic carbocycles. The van der Waals surface area contributed by atoms with E-state index in [4.69, 9.17) is 0 Å². The molecule has 0 radical (unpaired) electrons. The number of rotatable bonds is 5. The van der Waals surface area contributed by atoms with Crippen LogP contribution in [-0.2, 0) is 16.3 Å². The summed E-state index contributed by atoms with van der Waals surface area (Å²) in [5.41, 5.74) is 1.94. The normalized spacial score (nSPS) is 11.2. The second-order valence-electron chi connectivity index (χ2n) is 4.91. The lowest BCUT2D eigenvalue weighted by molar-refractivity contribution is 0.102. The first-order valence-corrected chi connectivity index (χ1v) is 8.85. The third-order valence-corrected chi connectivity index (χ3v) is 5.23. The second kappa shape index (κ2) is 6.75. The summed E-state index contributed by atoms with van der Waals surface area (Å²) in [6.07, 6.45) is 0.866. The van der Waals surface area contributed by atoms with Crippen LogP contribution in [0.3, 0.4) is 0 Å². The van der Waals surface area contributed by atoms with E-state index < -0.39 is 15.7 Å². The molecule has 0 spiro atoms. The zero-order valence-corrected chi connectivity index (χ0v) is 13.5. The highest BCUT2D eigenvalue weighted by Crippen LogP contribution is 2.19. The summed E-state index contributed by atoms with van der Waals surface area (Å²) in [7, 11) is -3.44. The van der Waals surface area contributed by atoms with E-state index in [1.165, 1.54) is 12.1 Å². The molecule has 116 valence electrons. The Balaban J connectivity index is 2.34. The molecule has 0 unspecified atom stereocenters. The lowest BCUT2D eigenvalue weighted by Gasteiger charge is -2.10. The van der Waals surface area contributed by atoms with E-state index in [-0.39, 0.29) is 16.2 Å². The number of hydrogen-bond acceptors (Lipinski definition) is 3. The Kier molecular flexibility index (Phi) is 4.98. The largest absolute Gasteiger partial charge is 0.322 e. The van der Waals surface area contributed by atoms with Gasteiger partial charge < -0.3 is 5.32 Å². The van der Waals surface area contributed by atoms with Crippen molar-refractivity contribution < 1.29 is 13.2 Å². The molecule has 0 heterocycles. The highest BCUT2D eigenvalue weighted by Gasteiger charge is 2.20. The molecule has 5 heteroatoms. The van der Waals surface area contributed by atoms with Gasteiger partial charge in [-0.15, -0.1) is 0 Å². The second-order valence-corrected chi connectivity index (χ2v) is 7.15. The van der Waals surface area contributed by atoms with Gasteiger partial charge in [-0.25, -0.2) is 8.42 Å². The van der Waals surface area contributed by atoms with Gasteiger partial charge in [0, 0.05) is 5.69 Å². The fourth-order valence-corrected chi connectivity index (χ4v) is 3.24. The molecule has 2 aromatic rings. The molecule has 0 aromatic heterocycles. The molecule has 2 rings (SSSR count). The lowest BCUT2D eigenvalue weighted by atomic mass is 10.1. The average Bonchev–Trinajstić information content (AvgIpc) is 2.55. The molecule has 4 nitrogen and oxygen atoms in total. The Bertz CT molecular complexity index is 782. The molecular weight excluding hydrogens is 298 g/mol. The first kappa shape index (κ1) is 16.2. The van der Waals surface area contributed by atoms with Crippen molar-refractivity contribution in [1.29, 1.82) is 0 Å². The van der Waals surface area contributed by atoms with Crippen LogP contribution in [0.5, 0.6) is 0 Å². The molecule has 0 bridgehead atoms. The first-order chi connectivity index (χ1) is 10.5. The smallest absolute Gasteiger partial charge is 0.256 e. The van der Waals surface area contributed by atoms with Gasteiger partial charge in [0.15, 0.2) is 9.84 Å². The predicted octanol–water partition coefficient (Wildman–Crippen LogP) is 3.29. The summed E-state index contributed by atoms with van der Waals surface area (Å²) >= 11 is 0. The molecular formula is C17H19NO3S. The van der Waals surface area contributed by atoms with Crippen molar-refractivity contribution in [3.8, 4) is 0 Å². The molecule has 0 atom stereocenters. The van der Waals surface area contributed by atoms with E-state index >= 15 is 0 Å². The van der Waals surface area contributed by atoms with Crippen molar-refractivity contribution in [3.63, 3.8) is 0 Å². The van der Waals surface area contributed by atoms with Gasteiger partial charge in [0.25, 0.3) is 5.91 Å². The summed E-state index contributed by atoms with van der Waals surface area (Å²) in [6, 6.07) is 13.8. The lowest BCUT2D eigenvalue weighted by Crippen LogP contribution is -2.17. The van der Waals surface area contributed by atoms with E-state index in [2.05, 4.69) is 5.32 Å². The minimum atomic E-state index is -3.44. The number of anilines is 1. The third-order valence-electron chi connectivity index (χ3n) is 3.44. The Morgan fingerprint density at radius 3 is 2.45 bits per heavy atom. The SMILES string of the molecule is CCc1cccc(NC(=O)c2ccccc2S(=O)(=O)CC)c1. The van der Waals surface area contributed by atoms with E-state index in [0.29, 0.717) is 5.69 Å². The number of aryl methyl sites for hydroxylation is 1. The van der Waals surface area contributed by atoms with Crippen molar-refractivity contribution >= 4 is 21.4 Å². The highest BCUT2D eigenvalue weighted by atomic mass is 32.2. The third kappa shape index (κ3) is 3.54. The van der Waals surface area contributed by atoms with Gasteiger partial charge in [0.05, 0.1) is 16.2 Å². The quantitative estimate of drug-likeness (QED) is 0.920. The van der Waals surface area contributed by atoms with Crippen LogP contribution in [0.1, 0.15) is 29.8 Å². The van der Waals surface area contributed by atoms with Crippen molar-refractivity contribution in [2.24, 2.45) is 0 Å². The van der Waals surface area contributed by atoms with Gasteiger partial charge in [-0.2, -0.15) is 0 Å². The fraction of sp³-hybridized carbons (Fsp3) is 0.235. The number of nitrogens with one attached hydrogen (secondary N) is 1. The molecule has 0 aliphatic heterocycles. The van der Waals surface area contributed by atoms with Crippen LogP contribution >= 0.6 is 0 Å². The van der Waals surface area contributed by atoms with Gasteiger partial charge in [0.1, 0.15) is 0 Å². The molecule has 0 saturated carbocycles. The van der Waals surface area contributed by atoms with Crippen LogP contribution in [0.2, 0.25) is 0 Å². The fourth-order valence-electron chi connectivity index (χ4n) is 2.15. The first-order valence-electron chi connectivity index (χ1n) is 7.20. The molecule has 0 aliphatic carbocycles. The number of sulfone groups is 1. The van der Waals surface area contributed by atoms with E-state index in [1.807, 2.05) is 25.1 Å². The topological polar surface area (TPSA) is 63.2 Å². The molecule has 0 aliphatic rings. The Morgan fingerprint density at radius 2 is 1.77 bits per heavy atom. The Hall–Kier alpha value is -2.14. The standard InChI is InChI=1S/C17H19NO3S/c1-3-13-8-7-9-14(12-13)18-17(19)15-10-5-6-11-16(15)22(20,21)4-2/h5-12H,3-4H2,1-2H3,(H,18,19).